The first-order chi connectivity index (χ1) is 10.7. The molecule has 1 fully saturated rings. The highest BCUT2D eigenvalue weighted by molar-refractivity contribution is 5.83. The zero-order valence-corrected chi connectivity index (χ0v) is 13.4. The van der Waals surface area contributed by atoms with Crippen molar-refractivity contribution in [1.29, 1.82) is 0 Å². The quantitative estimate of drug-likeness (QED) is 0.804. The van der Waals surface area contributed by atoms with Crippen LogP contribution >= 0.6 is 0 Å². The van der Waals surface area contributed by atoms with Gasteiger partial charge in [-0.2, -0.15) is 0 Å². The number of rotatable bonds is 6. The summed E-state index contributed by atoms with van der Waals surface area (Å²) < 4.78 is 0. The van der Waals surface area contributed by atoms with Gasteiger partial charge in [0.25, 0.3) is 0 Å². The summed E-state index contributed by atoms with van der Waals surface area (Å²) in [6.07, 6.45) is 1.82. The van der Waals surface area contributed by atoms with Gasteiger partial charge in [-0.25, -0.2) is 0 Å². The first-order valence-electron chi connectivity index (χ1n) is 7.84. The van der Waals surface area contributed by atoms with E-state index < -0.39 is 0 Å². The van der Waals surface area contributed by atoms with E-state index in [1.165, 1.54) is 5.69 Å². The van der Waals surface area contributed by atoms with Gasteiger partial charge in [-0.15, -0.1) is 0 Å². The van der Waals surface area contributed by atoms with Crippen molar-refractivity contribution in [3.05, 3.63) is 29.8 Å². The molecule has 1 aliphatic heterocycles. The van der Waals surface area contributed by atoms with E-state index in [4.69, 9.17) is 0 Å². The third kappa shape index (κ3) is 4.07. The second-order valence-corrected chi connectivity index (χ2v) is 5.79. The summed E-state index contributed by atoms with van der Waals surface area (Å²) in [4.78, 5) is 27.3. The fraction of sp³-hybridized carbons (Fsp3) is 0.529. The Bertz CT molecular complexity index is 493. The van der Waals surface area contributed by atoms with Gasteiger partial charge < -0.3 is 19.9 Å². The number of amides is 1. The van der Waals surface area contributed by atoms with Crippen LogP contribution in [0.5, 0.6) is 0 Å². The van der Waals surface area contributed by atoms with Crippen molar-refractivity contribution in [2.45, 2.75) is 18.8 Å². The number of aldehydes is 1. The van der Waals surface area contributed by atoms with E-state index in [0.717, 1.165) is 38.0 Å². The molecule has 0 radical (unpaired) electrons. The summed E-state index contributed by atoms with van der Waals surface area (Å²) in [6.45, 7) is 4.20. The molecule has 22 heavy (non-hydrogen) atoms. The second kappa shape index (κ2) is 7.94. The first-order valence-corrected chi connectivity index (χ1v) is 7.84. The molecule has 1 atom stereocenters. The van der Waals surface area contributed by atoms with Gasteiger partial charge in [-0.05, 0) is 31.2 Å². The highest BCUT2D eigenvalue weighted by Gasteiger charge is 2.20. The molecule has 1 saturated heterocycles. The maximum absolute atomic E-state index is 12.0. The number of carbonyl (C=O) groups excluding carboxylic acids is 2. The van der Waals surface area contributed by atoms with Crippen LogP contribution in [-0.4, -0.2) is 57.4 Å². The topological polar surface area (TPSA) is 52.7 Å². The Morgan fingerprint density at radius 3 is 2.41 bits per heavy atom. The van der Waals surface area contributed by atoms with Crippen molar-refractivity contribution in [2.24, 2.45) is 0 Å². The number of likely N-dealkylation sites (N-methyl/N-ethyl adjacent to an activating group) is 2. The van der Waals surface area contributed by atoms with Crippen LogP contribution in [0.1, 0.15) is 24.3 Å². The summed E-state index contributed by atoms with van der Waals surface area (Å²) >= 11 is 0. The lowest BCUT2D eigenvalue weighted by Gasteiger charge is -2.34. The van der Waals surface area contributed by atoms with Gasteiger partial charge in [0.05, 0.1) is 5.92 Å². The van der Waals surface area contributed by atoms with Crippen LogP contribution in [-0.2, 0) is 9.59 Å². The van der Waals surface area contributed by atoms with Crippen LogP contribution < -0.4 is 10.2 Å². The predicted molar refractivity (Wildman–Crippen MR) is 88.3 cm³/mol. The van der Waals surface area contributed by atoms with Gasteiger partial charge in [0.2, 0.25) is 5.91 Å². The predicted octanol–water partition coefficient (Wildman–Crippen LogP) is 1.25. The molecule has 2 rings (SSSR count). The molecule has 1 aromatic rings. The van der Waals surface area contributed by atoms with E-state index >= 15 is 0 Å². The molecule has 1 unspecified atom stereocenters. The Morgan fingerprint density at radius 2 is 1.86 bits per heavy atom. The van der Waals surface area contributed by atoms with Gasteiger partial charge in [-0.3, -0.25) is 4.79 Å². The number of benzene rings is 1. The summed E-state index contributed by atoms with van der Waals surface area (Å²) in [5, 5.41) is 2.68. The van der Waals surface area contributed by atoms with Gasteiger partial charge >= 0.3 is 0 Å². The lowest BCUT2D eigenvalue weighted by molar-refractivity contribution is -0.122. The Kier molecular flexibility index (Phi) is 5.95. The van der Waals surface area contributed by atoms with Gasteiger partial charge in [0.15, 0.2) is 0 Å². The van der Waals surface area contributed by atoms with E-state index in [0.29, 0.717) is 12.8 Å². The van der Waals surface area contributed by atoms with Crippen molar-refractivity contribution < 1.29 is 9.59 Å². The van der Waals surface area contributed by atoms with E-state index in [1.807, 2.05) is 12.1 Å². The number of carbonyl (C=O) groups is 2. The lowest BCUT2D eigenvalue weighted by Crippen LogP contribution is -2.44. The van der Waals surface area contributed by atoms with Gasteiger partial charge in [0, 0.05) is 45.3 Å². The normalized spacial score (nSPS) is 17.1. The highest BCUT2D eigenvalue weighted by atomic mass is 16.1. The average molecular weight is 303 g/mol. The maximum Gasteiger partial charge on any atom is 0.227 e. The maximum atomic E-state index is 12.0. The van der Waals surface area contributed by atoms with E-state index in [2.05, 4.69) is 34.3 Å². The molecule has 5 nitrogen and oxygen atoms in total. The molecule has 0 aromatic heterocycles. The van der Waals surface area contributed by atoms with Gasteiger partial charge in [0.1, 0.15) is 6.29 Å². The van der Waals surface area contributed by atoms with E-state index in [-0.39, 0.29) is 11.8 Å². The van der Waals surface area contributed by atoms with Crippen molar-refractivity contribution >= 4 is 17.9 Å². The fourth-order valence-corrected chi connectivity index (χ4v) is 2.84. The lowest BCUT2D eigenvalue weighted by atomic mass is 9.93. The number of nitrogens with zero attached hydrogens (tertiary/aromatic N) is 2. The molecule has 120 valence electrons. The summed E-state index contributed by atoms with van der Waals surface area (Å²) in [5.41, 5.74) is 2.17. The Balaban J connectivity index is 2.08. The molecule has 0 bridgehead atoms. The molecular formula is C17H25N3O2. The minimum absolute atomic E-state index is 0.0332. The molecule has 1 N–H and O–H groups in total. The van der Waals surface area contributed by atoms with Crippen molar-refractivity contribution in [1.82, 2.24) is 10.2 Å². The van der Waals surface area contributed by atoms with Crippen LogP contribution in [0.2, 0.25) is 0 Å². The Labute approximate surface area is 132 Å². The minimum Gasteiger partial charge on any atom is -0.369 e. The molecule has 0 spiro atoms. The molecule has 5 heteroatoms. The zero-order chi connectivity index (χ0) is 15.9. The monoisotopic (exact) mass is 303 g/mol. The van der Waals surface area contributed by atoms with E-state index in [9.17, 15) is 9.59 Å². The smallest absolute Gasteiger partial charge is 0.227 e. The molecule has 1 aromatic carbocycles. The zero-order valence-electron chi connectivity index (χ0n) is 13.4. The van der Waals surface area contributed by atoms with Crippen molar-refractivity contribution in [2.75, 3.05) is 45.2 Å². The Morgan fingerprint density at radius 1 is 1.23 bits per heavy atom. The average Bonchev–Trinajstić information content (AvgIpc) is 2.56. The Hall–Kier alpha value is -1.88. The van der Waals surface area contributed by atoms with Crippen LogP contribution in [0.3, 0.4) is 0 Å². The highest BCUT2D eigenvalue weighted by Crippen LogP contribution is 2.25. The number of nitrogens with one attached hydrogen (secondary N) is 1. The number of anilines is 1. The number of hydrogen-bond donors (Lipinski definition) is 1. The SMILES string of the molecule is CNC(=O)C(CCC=O)c1ccc(N2CCN(C)CC2)cc1. The molecule has 0 aliphatic carbocycles. The molecule has 0 saturated carbocycles. The van der Waals surface area contributed by atoms with E-state index in [1.54, 1.807) is 7.05 Å². The molecule has 1 heterocycles. The van der Waals surface area contributed by atoms with Crippen LogP contribution in [0.15, 0.2) is 24.3 Å². The molecule has 1 amide bonds. The largest absolute Gasteiger partial charge is 0.369 e. The molecule has 1 aliphatic rings. The van der Waals surface area contributed by atoms with Crippen LogP contribution in [0, 0.1) is 0 Å². The van der Waals surface area contributed by atoms with Crippen molar-refractivity contribution in [3.63, 3.8) is 0 Å². The standard InChI is InChI=1S/C17H25N3O2/c1-18-17(22)16(4-3-13-21)14-5-7-15(8-6-14)20-11-9-19(2)10-12-20/h5-8,13,16H,3-4,9-12H2,1-2H3,(H,18,22). The number of hydrogen-bond acceptors (Lipinski definition) is 4. The fourth-order valence-electron chi connectivity index (χ4n) is 2.84. The second-order valence-electron chi connectivity index (χ2n) is 5.79. The summed E-state index contributed by atoms with van der Waals surface area (Å²) in [7, 11) is 3.77. The minimum atomic E-state index is -0.253. The molecular weight excluding hydrogens is 278 g/mol. The van der Waals surface area contributed by atoms with Crippen molar-refractivity contribution in [3.8, 4) is 0 Å². The van der Waals surface area contributed by atoms with Crippen LogP contribution in [0.25, 0.3) is 0 Å². The first kappa shape index (κ1) is 16.5. The summed E-state index contributed by atoms with van der Waals surface area (Å²) in [5.74, 6) is -0.286. The third-order valence-electron chi connectivity index (χ3n) is 4.30. The van der Waals surface area contributed by atoms with Gasteiger partial charge in [-0.1, -0.05) is 12.1 Å². The number of piperazine rings is 1. The summed E-state index contributed by atoms with van der Waals surface area (Å²) in [6, 6.07) is 8.19. The van der Waals surface area contributed by atoms with Crippen LogP contribution in [0.4, 0.5) is 5.69 Å². The third-order valence-corrected chi connectivity index (χ3v) is 4.30.